The van der Waals surface area contributed by atoms with Crippen LogP contribution in [0.2, 0.25) is 0 Å². The monoisotopic (exact) mass is 141 g/mol. The van der Waals surface area contributed by atoms with Gasteiger partial charge in [0.1, 0.15) is 0 Å². The van der Waals surface area contributed by atoms with Crippen LogP contribution in [0.1, 0.15) is 25.7 Å². The van der Waals surface area contributed by atoms with Crippen molar-refractivity contribution in [3.8, 4) is 0 Å². The summed E-state index contributed by atoms with van der Waals surface area (Å²) in [7, 11) is 0. The van der Waals surface area contributed by atoms with Gasteiger partial charge in [0, 0.05) is 6.54 Å². The first kappa shape index (κ1) is 6.62. The average molecular weight is 141 g/mol. The molecule has 1 aliphatic heterocycles. The van der Waals surface area contributed by atoms with Crippen LogP contribution in [0.15, 0.2) is 0 Å². The molecule has 1 saturated heterocycles. The molecule has 0 unspecified atom stereocenters. The second kappa shape index (κ2) is 2.21. The third kappa shape index (κ3) is 0.867. The molecule has 2 N–H and O–H groups in total. The Bertz CT molecular complexity index is 131. The molecule has 1 saturated carbocycles. The van der Waals surface area contributed by atoms with E-state index in [4.69, 9.17) is 10.5 Å². The highest BCUT2D eigenvalue weighted by Gasteiger charge is 2.43. The largest absolute Gasteiger partial charge is 0.376 e. The van der Waals surface area contributed by atoms with E-state index in [0.717, 1.165) is 6.61 Å². The van der Waals surface area contributed by atoms with Crippen LogP contribution in [0.3, 0.4) is 0 Å². The zero-order valence-electron chi connectivity index (χ0n) is 6.31. The van der Waals surface area contributed by atoms with Crippen molar-refractivity contribution in [2.75, 3.05) is 13.2 Å². The Balaban J connectivity index is 1.92. The summed E-state index contributed by atoms with van der Waals surface area (Å²) in [4.78, 5) is 0. The van der Waals surface area contributed by atoms with E-state index in [1.165, 1.54) is 25.7 Å². The lowest BCUT2D eigenvalue weighted by atomic mass is 9.68. The first-order valence-corrected chi connectivity index (χ1v) is 4.16. The molecule has 2 fully saturated rings. The van der Waals surface area contributed by atoms with Crippen LogP contribution in [0.4, 0.5) is 0 Å². The van der Waals surface area contributed by atoms with Crippen molar-refractivity contribution >= 4 is 0 Å². The van der Waals surface area contributed by atoms with E-state index in [9.17, 15) is 0 Å². The minimum atomic E-state index is 0.375. The fourth-order valence-corrected chi connectivity index (χ4v) is 2.07. The maximum Gasteiger partial charge on any atom is 0.0703 e. The molecule has 2 nitrogen and oxygen atoms in total. The Morgan fingerprint density at radius 3 is 2.60 bits per heavy atom. The summed E-state index contributed by atoms with van der Waals surface area (Å²) in [6.45, 7) is 1.69. The second-order valence-electron chi connectivity index (χ2n) is 3.73. The molecule has 1 heterocycles. The standard InChI is InChI=1S/C8H15NO/c9-5-7-4-8(6-10-7)2-1-3-8/h7H,1-6,9H2/t7-/m1/s1. The van der Waals surface area contributed by atoms with E-state index in [1.807, 2.05) is 0 Å². The maximum absolute atomic E-state index is 5.53. The molecule has 0 radical (unpaired) electrons. The van der Waals surface area contributed by atoms with Gasteiger partial charge in [-0.2, -0.15) is 0 Å². The lowest BCUT2D eigenvalue weighted by Crippen LogP contribution is -2.30. The summed E-state index contributed by atoms with van der Waals surface area (Å²) < 4.78 is 5.53. The topological polar surface area (TPSA) is 35.2 Å². The smallest absolute Gasteiger partial charge is 0.0703 e. The van der Waals surface area contributed by atoms with E-state index in [1.54, 1.807) is 0 Å². The molecule has 58 valence electrons. The molecule has 2 heteroatoms. The lowest BCUT2D eigenvalue weighted by Gasteiger charge is -2.36. The van der Waals surface area contributed by atoms with Gasteiger partial charge in [0.15, 0.2) is 0 Å². The third-order valence-corrected chi connectivity index (χ3v) is 2.96. The van der Waals surface area contributed by atoms with Gasteiger partial charge >= 0.3 is 0 Å². The summed E-state index contributed by atoms with van der Waals surface area (Å²) in [5.41, 5.74) is 6.10. The van der Waals surface area contributed by atoms with Gasteiger partial charge in [-0.15, -0.1) is 0 Å². The molecule has 0 amide bonds. The lowest BCUT2D eigenvalue weighted by molar-refractivity contribution is 0.0715. The van der Waals surface area contributed by atoms with Gasteiger partial charge in [-0.3, -0.25) is 0 Å². The highest BCUT2D eigenvalue weighted by atomic mass is 16.5. The van der Waals surface area contributed by atoms with Gasteiger partial charge in [-0.25, -0.2) is 0 Å². The minimum absolute atomic E-state index is 0.375. The second-order valence-corrected chi connectivity index (χ2v) is 3.73. The molecule has 2 aliphatic rings. The van der Waals surface area contributed by atoms with E-state index in [-0.39, 0.29) is 0 Å². The van der Waals surface area contributed by atoms with Gasteiger partial charge in [0.05, 0.1) is 12.7 Å². The van der Waals surface area contributed by atoms with Crippen molar-refractivity contribution in [1.29, 1.82) is 0 Å². The fourth-order valence-electron chi connectivity index (χ4n) is 2.07. The van der Waals surface area contributed by atoms with Gasteiger partial charge in [-0.1, -0.05) is 6.42 Å². The molecule has 10 heavy (non-hydrogen) atoms. The minimum Gasteiger partial charge on any atom is -0.376 e. The van der Waals surface area contributed by atoms with Gasteiger partial charge in [0.25, 0.3) is 0 Å². The average Bonchev–Trinajstić information content (AvgIpc) is 2.29. The summed E-state index contributed by atoms with van der Waals surface area (Å²) in [5, 5.41) is 0. The summed E-state index contributed by atoms with van der Waals surface area (Å²) >= 11 is 0. The molecule has 1 atom stereocenters. The summed E-state index contributed by atoms with van der Waals surface area (Å²) in [6.07, 6.45) is 5.76. The SMILES string of the molecule is NC[C@H]1CC2(CCC2)CO1. The highest BCUT2D eigenvalue weighted by Crippen LogP contribution is 2.48. The Morgan fingerprint density at radius 2 is 2.30 bits per heavy atom. The van der Waals surface area contributed by atoms with Gasteiger partial charge < -0.3 is 10.5 Å². The third-order valence-electron chi connectivity index (χ3n) is 2.96. The Hall–Kier alpha value is -0.0800. The van der Waals surface area contributed by atoms with Gasteiger partial charge in [0.2, 0.25) is 0 Å². The van der Waals surface area contributed by atoms with Crippen LogP contribution in [-0.2, 0) is 4.74 Å². The Kier molecular flexibility index (Phi) is 1.46. The van der Waals surface area contributed by atoms with Crippen molar-refractivity contribution in [1.82, 2.24) is 0 Å². The van der Waals surface area contributed by atoms with Crippen molar-refractivity contribution < 1.29 is 4.74 Å². The van der Waals surface area contributed by atoms with E-state index < -0.39 is 0 Å². The number of hydrogen-bond acceptors (Lipinski definition) is 2. The number of rotatable bonds is 1. The molecule has 0 aromatic heterocycles. The van der Waals surface area contributed by atoms with Crippen LogP contribution in [-0.4, -0.2) is 19.3 Å². The van der Waals surface area contributed by atoms with E-state index >= 15 is 0 Å². The van der Waals surface area contributed by atoms with Crippen LogP contribution in [0.5, 0.6) is 0 Å². The molecule has 0 bridgehead atoms. The quantitative estimate of drug-likeness (QED) is 0.589. The Labute approximate surface area is 61.7 Å². The van der Waals surface area contributed by atoms with Crippen molar-refractivity contribution in [2.24, 2.45) is 11.1 Å². The molecule has 0 aromatic rings. The van der Waals surface area contributed by atoms with Crippen LogP contribution in [0, 0.1) is 5.41 Å². The predicted molar refractivity (Wildman–Crippen MR) is 39.7 cm³/mol. The van der Waals surface area contributed by atoms with E-state index in [2.05, 4.69) is 0 Å². The first-order valence-electron chi connectivity index (χ1n) is 4.16. The van der Waals surface area contributed by atoms with Gasteiger partial charge in [-0.05, 0) is 24.7 Å². The maximum atomic E-state index is 5.53. The van der Waals surface area contributed by atoms with Crippen LogP contribution < -0.4 is 5.73 Å². The molecule has 0 aromatic carbocycles. The number of ether oxygens (including phenoxy) is 1. The summed E-state index contributed by atoms with van der Waals surface area (Å²) in [6, 6.07) is 0. The molecule has 1 spiro atoms. The molecular formula is C8H15NO. The first-order chi connectivity index (χ1) is 4.85. The van der Waals surface area contributed by atoms with Crippen molar-refractivity contribution in [3.63, 3.8) is 0 Å². The van der Waals surface area contributed by atoms with Crippen LogP contribution >= 0.6 is 0 Å². The number of nitrogens with two attached hydrogens (primary N) is 1. The predicted octanol–water partition coefficient (Wildman–Crippen LogP) is 0.904. The Morgan fingerprint density at radius 1 is 1.50 bits per heavy atom. The molecule has 2 rings (SSSR count). The normalized spacial score (nSPS) is 36.3. The summed E-state index contributed by atoms with van der Waals surface area (Å²) in [5.74, 6) is 0. The van der Waals surface area contributed by atoms with Crippen molar-refractivity contribution in [3.05, 3.63) is 0 Å². The van der Waals surface area contributed by atoms with E-state index in [0.29, 0.717) is 18.1 Å². The zero-order chi connectivity index (χ0) is 7.03. The highest BCUT2D eigenvalue weighted by molar-refractivity contribution is 4.94. The van der Waals surface area contributed by atoms with Crippen LogP contribution in [0.25, 0.3) is 0 Å². The fraction of sp³-hybridized carbons (Fsp3) is 1.00. The van der Waals surface area contributed by atoms with Crippen molar-refractivity contribution in [2.45, 2.75) is 31.8 Å². The molecule has 1 aliphatic carbocycles. The number of hydrogen-bond donors (Lipinski definition) is 1. The zero-order valence-corrected chi connectivity index (χ0v) is 6.31. The molecular weight excluding hydrogens is 126 g/mol.